The van der Waals surface area contributed by atoms with E-state index in [-0.39, 0.29) is 29.3 Å². The van der Waals surface area contributed by atoms with Crippen molar-refractivity contribution in [2.75, 3.05) is 13.3 Å². The van der Waals surface area contributed by atoms with E-state index in [1.165, 1.54) is 0 Å². The van der Waals surface area contributed by atoms with Gasteiger partial charge in [0.1, 0.15) is 43.1 Å². The number of fused-ring (bicyclic) bond motifs is 1. The molecule has 0 amide bonds. The first-order valence-electron chi connectivity index (χ1n) is 14.1. The molecule has 5 rings (SSSR count). The first-order chi connectivity index (χ1) is 21.2. The van der Waals surface area contributed by atoms with Gasteiger partial charge in [0.2, 0.25) is 4.34 Å². The number of hydrogen-bond donors (Lipinski definition) is 1. The Balaban J connectivity index is 1.33. The molecule has 0 unspecified atom stereocenters. The lowest BCUT2D eigenvalue weighted by molar-refractivity contribution is -0.123. The van der Waals surface area contributed by atoms with E-state index >= 15 is 0 Å². The van der Waals surface area contributed by atoms with Crippen LogP contribution in [0, 0.1) is 0 Å². The number of rotatable bonds is 15. The predicted molar refractivity (Wildman–Crippen MR) is 165 cm³/mol. The Hall–Kier alpha value is -4.20. The van der Waals surface area contributed by atoms with E-state index in [0.717, 1.165) is 28.9 Å². The largest absolute Gasteiger partial charge is 0.491 e. The molecule has 44 heavy (non-hydrogen) atoms. The molecule has 2 N–H and O–H groups in total. The molecule has 0 radical (unpaired) electrons. The molecular formula is C31H32FN5O5S2. The molecule has 230 valence electrons. The first kappa shape index (κ1) is 31.2. The molecule has 3 aromatic carbocycles. The molecule has 0 aliphatic carbocycles. The van der Waals surface area contributed by atoms with E-state index < -0.39 is 22.7 Å². The molecule has 0 saturated carbocycles. The van der Waals surface area contributed by atoms with E-state index in [2.05, 4.69) is 22.2 Å². The third-order valence-electron chi connectivity index (χ3n) is 7.13. The Morgan fingerprint density at radius 3 is 2.50 bits per heavy atom. The summed E-state index contributed by atoms with van der Waals surface area (Å²) in [5, 5.41) is 13.8. The maximum Gasteiger partial charge on any atom is 0.265 e. The van der Waals surface area contributed by atoms with Crippen molar-refractivity contribution in [3.8, 4) is 11.5 Å². The number of halogens is 1. The number of carbonyl (C=O) groups excluding carboxylic acids is 1. The van der Waals surface area contributed by atoms with Crippen LogP contribution >= 0.6 is 11.3 Å². The Morgan fingerprint density at radius 1 is 1.05 bits per heavy atom. The van der Waals surface area contributed by atoms with Crippen LogP contribution < -0.4 is 14.6 Å². The number of primary sulfonamides is 1. The number of hydrogen-bond acceptors (Lipinski definition) is 9. The Labute approximate surface area is 258 Å². The van der Waals surface area contributed by atoms with Gasteiger partial charge in [-0.25, -0.2) is 27.6 Å². The second-order valence-corrected chi connectivity index (χ2v) is 13.0. The van der Waals surface area contributed by atoms with E-state index in [1.807, 2.05) is 42.5 Å². The predicted octanol–water partition coefficient (Wildman–Crippen LogP) is 5.40. The average molecular weight is 638 g/mol. The van der Waals surface area contributed by atoms with Crippen LogP contribution in [0.3, 0.4) is 0 Å². The molecule has 0 spiro atoms. The van der Waals surface area contributed by atoms with Crippen LogP contribution in [0.25, 0.3) is 10.2 Å². The van der Waals surface area contributed by atoms with Gasteiger partial charge in [0.15, 0.2) is 5.78 Å². The SMILES string of the molecule is CC[C@H](CC(=O)[C@H](Cc1ccc(OCCF)cc1)n1cc(COc2ccc3nc(S(N)(=O)=O)sc3c2)nn1)c1ccccc1. The maximum absolute atomic E-state index is 13.8. The summed E-state index contributed by atoms with van der Waals surface area (Å²) in [7, 11) is -3.90. The van der Waals surface area contributed by atoms with E-state index in [4.69, 9.17) is 14.6 Å². The highest BCUT2D eigenvalue weighted by Crippen LogP contribution is 2.30. The number of Topliss-reactive ketones (excluding diaryl/α,β-unsaturated/α-hetero) is 1. The van der Waals surface area contributed by atoms with Crippen LogP contribution in [-0.4, -0.2) is 47.5 Å². The van der Waals surface area contributed by atoms with E-state index in [1.54, 1.807) is 41.2 Å². The van der Waals surface area contributed by atoms with Gasteiger partial charge < -0.3 is 9.47 Å². The highest BCUT2D eigenvalue weighted by atomic mass is 32.2. The molecule has 2 atom stereocenters. The van der Waals surface area contributed by atoms with Crippen LogP contribution in [0.4, 0.5) is 4.39 Å². The van der Waals surface area contributed by atoms with Gasteiger partial charge in [-0.3, -0.25) is 4.79 Å². The smallest absolute Gasteiger partial charge is 0.265 e. The van der Waals surface area contributed by atoms with Crippen molar-refractivity contribution in [2.45, 2.75) is 49.1 Å². The minimum absolute atomic E-state index is 0.0170. The minimum Gasteiger partial charge on any atom is -0.491 e. The first-order valence-corrected chi connectivity index (χ1v) is 16.4. The number of alkyl halides is 1. The van der Waals surface area contributed by atoms with Gasteiger partial charge in [0, 0.05) is 12.8 Å². The number of nitrogens with zero attached hydrogens (tertiary/aromatic N) is 4. The summed E-state index contributed by atoms with van der Waals surface area (Å²) in [6, 6.07) is 21.6. The summed E-state index contributed by atoms with van der Waals surface area (Å²) in [4.78, 5) is 17.9. The van der Waals surface area contributed by atoms with Gasteiger partial charge >= 0.3 is 0 Å². The number of nitrogens with two attached hydrogens (primary N) is 1. The van der Waals surface area contributed by atoms with Gasteiger partial charge in [0.25, 0.3) is 10.0 Å². The maximum atomic E-state index is 13.8. The zero-order valence-corrected chi connectivity index (χ0v) is 25.6. The fourth-order valence-electron chi connectivity index (χ4n) is 4.84. The Morgan fingerprint density at radius 2 is 1.80 bits per heavy atom. The van der Waals surface area contributed by atoms with Gasteiger partial charge in [-0.1, -0.05) is 54.6 Å². The average Bonchev–Trinajstić information content (AvgIpc) is 3.68. The lowest BCUT2D eigenvalue weighted by atomic mass is 9.88. The second kappa shape index (κ2) is 14.1. The fraction of sp³-hybridized carbons (Fsp3) is 0.290. The molecule has 0 bridgehead atoms. The molecule has 5 aromatic rings. The van der Waals surface area contributed by atoms with Crippen molar-refractivity contribution in [1.29, 1.82) is 0 Å². The molecule has 0 aliphatic rings. The van der Waals surface area contributed by atoms with Crippen molar-refractivity contribution < 1.29 is 27.1 Å². The van der Waals surface area contributed by atoms with E-state index in [0.29, 0.717) is 40.3 Å². The summed E-state index contributed by atoms with van der Waals surface area (Å²) in [5.74, 6) is 1.14. The van der Waals surface area contributed by atoms with Crippen LogP contribution in [0.2, 0.25) is 0 Å². The highest BCUT2D eigenvalue weighted by Gasteiger charge is 2.26. The zero-order valence-electron chi connectivity index (χ0n) is 24.0. The number of aromatic nitrogens is 4. The number of carbonyl (C=O) groups is 1. The number of thiazole rings is 1. The molecule has 13 heteroatoms. The number of ether oxygens (including phenoxy) is 2. The van der Waals surface area contributed by atoms with Gasteiger partial charge in [0.05, 0.1) is 16.4 Å². The normalized spacial score (nSPS) is 13.1. The molecule has 0 saturated heterocycles. The number of ketones is 1. The van der Waals surface area contributed by atoms with Crippen molar-refractivity contribution in [3.05, 3.63) is 95.8 Å². The lowest BCUT2D eigenvalue weighted by Gasteiger charge is -2.20. The van der Waals surface area contributed by atoms with Crippen molar-refractivity contribution >= 4 is 37.4 Å². The molecule has 2 aromatic heterocycles. The van der Waals surface area contributed by atoms with Gasteiger partial charge in [-0.2, -0.15) is 0 Å². The quantitative estimate of drug-likeness (QED) is 0.161. The zero-order chi connectivity index (χ0) is 31.1. The van der Waals surface area contributed by atoms with Crippen LogP contribution in [0.1, 0.15) is 48.5 Å². The number of sulfonamides is 1. The Bertz CT molecular complexity index is 1810. The minimum atomic E-state index is -3.90. The van der Waals surface area contributed by atoms with Crippen molar-refractivity contribution in [1.82, 2.24) is 20.0 Å². The molecule has 2 heterocycles. The summed E-state index contributed by atoms with van der Waals surface area (Å²) in [6.07, 6.45) is 3.23. The third-order valence-corrected chi connectivity index (χ3v) is 9.47. The lowest BCUT2D eigenvalue weighted by Crippen LogP contribution is -2.24. The number of benzene rings is 3. The second-order valence-electron chi connectivity index (χ2n) is 10.2. The topological polar surface area (TPSA) is 139 Å². The van der Waals surface area contributed by atoms with Crippen LogP contribution in [0.5, 0.6) is 11.5 Å². The summed E-state index contributed by atoms with van der Waals surface area (Å²) in [6.45, 7) is 1.56. The standard InChI is InChI=1S/C31H32FN5O5S2/c1-2-22(23-6-4-3-5-7-23)17-29(38)28(16-21-8-10-25(11-9-21)41-15-14-32)37-19-24(35-36-37)20-42-26-12-13-27-30(18-26)43-31(34-27)44(33,39)40/h3-13,18-19,22,28H,2,14-17,20H2,1H3,(H2,33,39,40)/t22-,28+/m1/s1. The summed E-state index contributed by atoms with van der Waals surface area (Å²) >= 11 is 0.963. The fourth-order valence-corrected chi connectivity index (χ4v) is 6.53. The van der Waals surface area contributed by atoms with Gasteiger partial charge in [-0.15, -0.1) is 16.4 Å². The molecule has 0 fully saturated rings. The monoisotopic (exact) mass is 637 g/mol. The molecule has 0 aliphatic heterocycles. The van der Waals surface area contributed by atoms with Crippen LogP contribution in [-0.2, 0) is 27.8 Å². The summed E-state index contributed by atoms with van der Waals surface area (Å²) < 4.78 is 49.1. The van der Waals surface area contributed by atoms with E-state index in [9.17, 15) is 17.6 Å². The molecule has 10 nitrogen and oxygen atoms in total. The molecular weight excluding hydrogens is 606 g/mol. The Kier molecular flexibility index (Phi) is 9.98. The summed E-state index contributed by atoms with van der Waals surface area (Å²) in [5.41, 5.74) is 3.02. The highest BCUT2D eigenvalue weighted by molar-refractivity contribution is 7.91. The van der Waals surface area contributed by atoms with Crippen LogP contribution in [0.15, 0.2) is 83.3 Å². The van der Waals surface area contributed by atoms with Gasteiger partial charge in [-0.05, 0) is 53.8 Å². The van der Waals surface area contributed by atoms with Crippen molar-refractivity contribution in [3.63, 3.8) is 0 Å². The van der Waals surface area contributed by atoms with Crippen molar-refractivity contribution in [2.24, 2.45) is 5.14 Å². The third kappa shape index (κ3) is 7.84.